The molecule has 3 aromatic rings. The lowest BCUT2D eigenvalue weighted by molar-refractivity contribution is 0.653. The van der Waals surface area contributed by atoms with E-state index in [-0.39, 0.29) is 5.56 Å². The zero-order chi connectivity index (χ0) is 14.7. The first-order chi connectivity index (χ1) is 10.3. The van der Waals surface area contributed by atoms with Crippen LogP contribution in [-0.4, -0.2) is 9.55 Å². The molecule has 0 bridgehead atoms. The second-order valence-electron chi connectivity index (χ2n) is 4.92. The van der Waals surface area contributed by atoms with E-state index < -0.39 is 0 Å². The highest BCUT2D eigenvalue weighted by molar-refractivity contribution is 7.13. The van der Waals surface area contributed by atoms with Crippen LogP contribution in [0.25, 0.3) is 10.4 Å². The van der Waals surface area contributed by atoms with Crippen LogP contribution in [0.4, 0.5) is 0 Å². The van der Waals surface area contributed by atoms with E-state index in [4.69, 9.17) is 0 Å². The van der Waals surface area contributed by atoms with Crippen LogP contribution in [0.5, 0.6) is 0 Å². The smallest absolute Gasteiger partial charge is 0.262 e. The molecule has 0 aliphatic rings. The molecule has 2 heterocycles. The minimum atomic E-state index is 0.0425. The van der Waals surface area contributed by atoms with Gasteiger partial charge in [0.1, 0.15) is 0 Å². The Kier molecular flexibility index (Phi) is 3.97. The maximum absolute atomic E-state index is 12.6. The number of nitrogens with zero attached hydrogens (tertiary/aromatic N) is 2. The van der Waals surface area contributed by atoms with E-state index in [1.165, 1.54) is 5.56 Å². The first-order valence-corrected chi connectivity index (χ1v) is 7.77. The summed E-state index contributed by atoms with van der Waals surface area (Å²) in [6.07, 6.45) is 2.48. The monoisotopic (exact) mass is 296 g/mol. The fraction of sp³-hybridized carbons (Fsp3) is 0.176. The van der Waals surface area contributed by atoms with Crippen LogP contribution in [0.15, 0.2) is 59.0 Å². The lowest BCUT2D eigenvalue weighted by Crippen LogP contribution is -2.24. The van der Waals surface area contributed by atoms with Gasteiger partial charge in [0.05, 0.1) is 17.6 Å². The van der Waals surface area contributed by atoms with Crippen molar-refractivity contribution in [2.45, 2.75) is 19.9 Å². The molecule has 0 atom stereocenters. The molecule has 0 saturated carbocycles. The highest BCUT2D eigenvalue weighted by Crippen LogP contribution is 2.23. The van der Waals surface area contributed by atoms with E-state index in [1.807, 2.05) is 42.6 Å². The molecule has 3 nitrogen and oxygen atoms in total. The third kappa shape index (κ3) is 2.95. The third-order valence-corrected chi connectivity index (χ3v) is 4.37. The van der Waals surface area contributed by atoms with Gasteiger partial charge in [-0.15, -0.1) is 11.3 Å². The van der Waals surface area contributed by atoms with Crippen molar-refractivity contribution in [2.75, 3.05) is 0 Å². The summed E-state index contributed by atoms with van der Waals surface area (Å²) in [6, 6.07) is 14.1. The topological polar surface area (TPSA) is 34.9 Å². The summed E-state index contributed by atoms with van der Waals surface area (Å²) in [7, 11) is 0. The zero-order valence-electron chi connectivity index (χ0n) is 11.8. The Labute approximate surface area is 127 Å². The number of rotatable bonds is 4. The fourth-order valence-corrected chi connectivity index (χ4v) is 3.14. The van der Waals surface area contributed by atoms with E-state index >= 15 is 0 Å². The first kappa shape index (κ1) is 13.8. The van der Waals surface area contributed by atoms with Gasteiger partial charge in [-0.3, -0.25) is 9.36 Å². The fourth-order valence-electron chi connectivity index (χ4n) is 2.33. The molecular weight excluding hydrogens is 280 g/mol. The zero-order valence-corrected chi connectivity index (χ0v) is 12.6. The molecule has 0 unspecified atom stereocenters. The summed E-state index contributed by atoms with van der Waals surface area (Å²) in [5.41, 5.74) is 2.78. The Morgan fingerprint density at radius 2 is 1.95 bits per heavy atom. The lowest BCUT2D eigenvalue weighted by atomic mass is 10.1. The van der Waals surface area contributed by atoms with Crippen molar-refractivity contribution in [2.24, 2.45) is 0 Å². The van der Waals surface area contributed by atoms with Crippen molar-refractivity contribution in [1.29, 1.82) is 0 Å². The Bertz CT molecular complexity index is 776. The first-order valence-electron chi connectivity index (χ1n) is 6.89. The number of aryl methyl sites for hydroxylation is 3. The van der Waals surface area contributed by atoms with Gasteiger partial charge in [0.2, 0.25) is 0 Å². The van der Waals surface area contributed by atoms with Crippen molar-refractivity contribution in [3.63, 3.8) is 0 Å². The van der Waals surface area contributed by atoms with Gasteiger partial charge in [-0.25, -0.2) is 4.98 Å². The quantitative estimate of drug-likeness (QED) is 0.738. The largest absolute Gasteiger partial charge is 0.298 e. The minimum Gasteiger partial charge on any atom is -0.298 e. The van der Waals surface area contributed by atoms with Crippen LogP contribution < -0.4 is 5.56 Å². The second kappa shape index (κ2) is 6.06. The van der Waals surface area contributed by atoms with Gasteiger partial charge in [-0.2, -0.15) is 0 Å². The van der Waals surface area contributed by atoms with Gasteiger partial charge < -0.3 is 0 Å². The summed E-state index contributed by atoms with van der Waals surface area (Å²) in [6.45, 7) is 2.53. The van der Waals surface area contributed by atoms with Gasteiger partial charge in [0.15, 0.2) is 0 Å². The lowest BCUT2D eigenvalue weighted by Gasteiger charge is -2.09. The average molecular weight is 296 g/mol. The molecule has 21 heavy (non-hydrogen) atoms. The number of hydrogen-bond acceptors (Lipinski definition) is 3. The molecule has 0 fully saturated rings. The molecule has 0 spiro atoms. The number of hydrogen-bond donors (Lipinski definition) is 0. The van der Waals surface area contributed by atoms with Crippen LogP contribution in [0.2, 0.25) is 0 Å². The van der Waals surface area contributed by atoms with Crippen molar-refractivity contribution in [3.8, 4) is 10.4 Å². The molecule has 2 aromatic heterocycles. The second-order valence-corrected chi connectivity index (χ2v) is 5.86. The van der Waals surface area contributed by atoms with Gasteiger partial charge in [0, 0.05) is 11.4 Å². The SMILES string of the molecule is Cc1ncn(CCc2ccccc2)c(=O)c1-c1cccs1. The van der Waals surface area contributed by atoms with Crippen molar-refractivity contribution in [3.05, 3.63) is 75.8 Å². The van der Waals surface area contributed by atoms with E-state index in [9.17, 15) is 4.79 Å². The molecule has 3 rings (SSSR count). The molecule has 0 saturated heterocycles. The number of thiophene rings is 1. The number of benzene rings is 1. The summed E-state index contributed by atoms with van der Waals surface area (Å²) in [5.74, 6) is 0. The molecule has 4 heteroatoms. The number of aromatic nitrogens is 2. The molecule has 0 N–H and O–H groups in total. The highest BCUT2D eigenvalue weighted by atomic mass is 32.1. The third-order valence-electron chi connectivity index (χ3n) is 3.48. The average Bonchev–Trinajstić information content (AvgIpc) is 3.02. The summed E-state index contributed by atoms with van der Waals surface area (Å²) in [5, 5.41) is 1.98. The van der Waals surface area contributed by atoms with E-state index in [0.29, 0.717) is 6.54 Å². The normalized spacial score (nSPS) is 10.7. The van der Waals surface area contributed by atoms with Gasteiger partial charge in [0.25, 0.3) is 5.56 Å². The Morgan fingerprint density at radius 1 is 1.14 bits per heavy atom. The van der Waals surface area contributed by atoms with Crippen LogP contribution in [0, 0.1) is 6.92 Å². The predicted molar refractivity (Wildman–Crippen MR) is 86.7 cm³/mol. The van der Waals surface area contributed by atoms with Crippen LogP contribution in [0.3, 0.4) is 0 Å². The van der Waals surface area contributed by atoms with Crippen molar-refractivity contribution >= 4 is 11.3 Å². The molecule has 0 radical (unpaired) electrons. The summed E-state index contributed by atoms with van der Waals surface area (Å²) in [4.78, 5) is 18.0. The molecule has 0 aliphatic heterocycles. The van der Waals surface area contributed by atoms with E-state index in [2.05, 4.69) is 17.1 Å². The van der Waals surface area contributed by atoms with Gasteiger partial charge in [-0.05, 0) is 30.4 Å². The maximum atomic E-state index is 12.6. The van der Waals surface area contributed by atoms with Crippen molar-refractivity contribution < 1.29 is 0 Å². The molecule has 1 aromatic carbocycles. The van der Waals surface area contributed by atoms with Gasteiger partial charge in [-0.1, -0.05) is 36.4 Å². The van der Waals surface area contributed by atoms with Gasteiger partial charge >= 0.3 is 0 Å². The molecule has 0 aliphatic carbocycles. The summed E-state index contributed by atoms with van der Waals surface area (Å²) < 4.78 is 1.70. The predicted octanol–water partition coefficient (Wildman–Crippen LogP) is 3.52. The maximum Gasteiger partial charge on any atom is 0.262 e. The minimum absolute atomic E-state index is 0.0425. The molecule has 0 amide bonds. The van der Waals surface area contributed by atoms with Crippen LogP contribution in [-0.2, 0) is 13.0 Å². The summed E-state index contributed by atoms with van der Waals surface area (Å²) >= 11 is 1.57. The Balaban J connectivity index is 1.90. The van der Waals surface area contributed by atoms with Crippen LogP contribution >= 0.6 is 11.3 Å². The Morgan fingerprint density at radius 3 is 2.67 bits per heavy atom. The standard InChI is InChI=1S/C17H16N2OS/c1-13-16(15-8-5-11-21-15)17(20)19(12-18-13)10-9-14-6-3-2-4-7-14/h2-8,11-12H,9-10H2,1H3. The van der Waals surface area contributed by atoms with Crippen LogP contribution in [0.1, 0.15) is 11.3 Å². The molecular formula is C17H16N2OS. The highest BCUT2D eigenvalue weighted by Gasteiger charge is 2.11. The Hall–Kier alpha value is -2.20. The molecule has 106 valence electrons. The van der Waals surface area contributed by atoms with E-state index in [1.54, 1.807) is 22.2 Å². The van der Waals surface area contributed by atoms with Crippen molar-refractivity contribution in [1.82, 2.24) is 9.55 Å². The van der Waals surface area contributed by atoms with E-state index in [0.717, 1.165) is 22.6 Å².